The van der Waals surface area contributed by atoms with Crippen molar-refractivity contribution < 1.29 is 30.5 Å². The Morgan fingerprint density at radius 3 is 2.43 bits per heavy atom. The van der Waals surface area contributed by atoms with E-state index < -0.39 is 20.2 Å². The highest BCUT2D eigenvalue weighted by molar-refractivity contribution is 8.03. The lowest BCUT2D eigenvalue weighted by atomic mass is 10.1. The van der Waals surface area contributed by atoms with Crippen LogP contribution in [0.1, 0.15) is 31.2 Å². The number of hydrogen-bond acceptors (Lipinski definition) is 8. The second-order valence-corrected chi connectivity index (χ2v) is 16.8. The number of fused-ring (bicyclic) bond motifs is 6. The molecule has 0 saturated carbocycles. The van der Waals surface area contributed by atoms with E-state index in [0.717, 1.165) is 63.7 Å². The molecule has 0 bridgehead atoms. The van der Waals surface area contributed by atoms with Gasteiger partial charge in [0, 0.05) is 34.0 Å². The molecule has 2 N–H and O–H groups in total. The summed E-state index contributed by atoms with van der Waals surface area (Å²) < 4.78 is 69.3. The Morgan fingerprint density at radius 1 is 0.909 bits per heavy atom. The fourth-order valence-corrected chi connectivity index (χ4v) is 9.69. The third-order valence-electron chi connectivity index (χ3n) is 7.53. The summed E-state index contributed by atoms with van der Waals surface area (Å²) in [5, 5.41) is 7.29. The Kier molecular flexibility index (Phi) is 8.90. The van der Waals surface area contributed by atoms with Crippen LogP contribution in [0, 0.1) is 0 Å². The number of nitrogens with zero attached hydrogens (tertiary/aromatic N) is 2. The van der Waals surface area contributed by atoms with Gasteiger partial charge in [-0.15, -0.1) is 11.3 Å². The Bertz CT molecular complexity index is 2160. The van der Waals surface area contributed by atoms with Crippen LogP contribution in [0.3, 0.4) is 0 Å². The third-order valence-corrected chi connectivity index (χ3v) is 12.2. The quantitative estimate of drug-likeness (QED) is 0.109. The summed E-state index contributed by atoms with van der Waals surface area (Å²) >= 11 is 4.94. The summed E-state index contributed by atoms with van der Waals surface area (Å²) in [6.45, 7) is 2.94. The van der Waals surface area contributed by atoms with Gasteiger partial charge in [-0.25, -0.2) is 0 Å². The van der Waals surface area contributed by atoms with Crippen LogP contribution in [0.2, 0.25) is 0 Å². The van der Waals surface area contributed by atoms with Crippen LogP contribution in [0.15, 0.2) is 81.6 Å². The van der Waals surface area contributed by atoms with Crippen molar-refractivity contribution in [3.8, 4) is 0 Å². The van der Waals surface area contributed by atoms with Crippen LogP contribution in [-0.4, -0.2) is 44.0 Å². The molecule has 6 rings (SSSR count). The monoisotopic (exact) mass is 687 g/mol. The van der Waals surface area contributed by atoms with E-state index >= 15 is 0 Å². The molecular formula is C31H31N2O6S5+. The standard InChI is InChI=1S/C31H30N2O6S5/c1-2-21(20-29-33(15-6-18-44(37,38)39)31-24-13-16-40-25(24)11-12-27(31)42-29)19-28-32(14-5-17-43(34,35)36)30-23-8-4-3-7-22(23)9-10-26(30)41-28/h3-4,7-13,16,19-20H,2,5-6,14-15,17-18H2,1H3,(H-,34,35,36,37,38,39)/p+1. The van der Waals surface area contributed by atoms with Gasteiger partial charge in [-0.3, -0.25) is 9.11 Å². The Hall–Kier alpha value is -2.78. The van der Waals surface area contributed by atoms with Crippen molar-refractivity contribution in [1.82, 2.24) is 0 Å². The average Bonchev–Trinajstić information content (AvgIpc) is 3.67. The Labute approximate surface area is 268 Å². The van der Waals surface area contributed by atoms with E-state index in [9.17, 15) is 25.9 Å². The number of rotatable bonds is 11. The number of thiazole rings is 1. The van der Waals surface area contributed by atoms with Crippen molar-refractivity contribution >= 4 is 97.5 Å². The predicted molar refractivity (Wildman–Crippen MR) is 183 cm³/mol. The van der Waals surface area contributed by atoms with E-state index in [2.05, 4.69) is 76.4 Å². The molecule has 1 aliphatic heterocycles. The number of hydrogen-bond donors (Lipinski definition) is 2. The van der Waals surface area contributed by atoms with Gasteiger partial charge in [0.2, 0.25) is 5.52 Å². The average molecular weight is 688 g/mol. The van der Waals surface area contributed by atoms with Gasteiger partial charge < -0.3 is 4.90 Å². The number of aromatic nitrogens is 1. The molecule has 3 heterocycles. The zero-order valence-corrected chi connectivity index (χ0v) is 27.9. The maximum Gasteiger partial charge on any atom is 0.265 e. The zero-order valence-electron chi connectivity index (χ0n) is 23.8. The molecular weight excluding hydrogens is 657 g/mol. The van der Waals surface area contributed by atoms with Crippen molar-refractivity contribution in [1.29, 1.82) is 0 Å². The molecule has 230 valence electrons. The van der Waals surface area contributed by atoms with E-state index in [-0.39, 0.29) is 24.3 Å². The molecule has 44 heavy (non-hydrogen) atoms. The molecule has 0 atom stereocenters. The first-order chi connectivity index (χ1) is 21.0. The highest BCUT2D eigenvalue weighted by Crippen LogP contribution is 2.50. The molecule has 0 fully saturated rings. The van der Waals surface area contributed by atoms with Crippen LogP contribution in [0.5, 0.6) is 0 Å². The molecule has 8 nitrogen and oxygen atoms in total. The Balaban J connectivity index is 1.43. The molecule has 0 unspecified atom stereocenters. The van der Waals surface area contributed by atoms with Gasteiger partial charge in [0.25, 0.3) is 25.2 Å². The van der Waals surface area contributed by atoms with Gasteiger partial charge in [-0.05, 0) is 59.5 Å². The smallest absolute Gasteiger partial charge is 0.265 e. The lowest BCUT2D eigenvalue weighted by Crippen LogP contribution is -2.36. The first kappa shape index (κ1) is 31.2. The molecule has 2 aromatic heterocycles. The van der Waals surface area contributed by atoms with E-state index in [4.69, 9.17) is 0 Å². The minimum Gasteiger partial charge on any atom is -0.334 e. The molecule has 0 saturated heterocycles. The highest BCUT2D eigenvalue weighted by Gasteiger charge is 2.28. The number of thiophene rings is 1. The number of allylic oxidation sites excluding steroid dienone is 2. The summed E-state index contributed by atoms with van der Waals surface area (Å²) in [5.74, 6) is -0.632. The van der Waals surface area contributed by atoms with Crippen LogP contribution in [0.4, 0.5) is 5.69 Å². The van der Waals surface area contributed by atoms with Gasteiger partial charge in [0.05, 0.1) is 27.6 Å². The van der Waals surface area contributed by atoms with Crippen molar-refractivity contribution in [3.63, 3.8) is 0 Å². The van der Waals surface area contributed by atoms with E-state index in [1.807, 2.05) is 12.1 Å². The fourth-order valence-electron chi connectivity index (χ4n) is 5.55. The zero-order chi connectivity index (χ0) is 31.1. The molecule has 1 aliphatic rings. The summed E-state index contributed by atoms with van der Waals surface area (Å²) in [5.41, 5.74) is 3.15. The van der Waals surface area contributed by atoms with Crippen LogP contribution >= 0.6 is 34.4 Å². The number of aryl methyl sites for hydroxylation is 1. The lowest BCUT2D eigenvalue weighted by molar-refractivity contribution is -0.667. The molecule has 0 aliphatic carbocycles. The lowest BCUT2D eigenvalue weighted by Gasteiger charge is -2.22. The van der Waals surface area contributed by atoms with Crippen molar-refractivity contribution in [2.45, 2.75) is 37.6 Å². The molecule has 13 heteroatoms. The molecule has 0 spiro atoms. The Morgan fingerprint density at radius 2 is 1.66 bits per heavy atom. The van der Waals surface area contributed by atoms with Crippen molar-refractivity contribution in [2.24, 2.45) is 0 Å². The molecule has 0 radical (unpaired) electrons. The second kappa shape index (κ2) is 12.5. The van der Waals surface area contributed by atoms with Gasteiger partial charge in [-0.2, -0.15) is 21.4 Å². The van der Waals surface area contributed by atoms with Gasteiger partial charge in [0.15, 0.2) is 6.54 Å². The normalized spacial score (nSPS) is 15.3. The van der Waals surface area contributed by atoms with E-state index in [1.54, 1.807) is 34.4 Å². The maximum absolute atomic E-state index is 11.5. The van der Waals surface area contributed by atoms with Gasteiger partial charge >= 0.3 is 0 Å². The number of thioether (sulfide) groups is 1. The summed E-state index contributed by atoms with van der Waals surface area (Å²) in [6, 6.07) is 18.6. The second-order valence-electron chi connectivity index (χ2n) is 10.6. The number of anilines is 1. The van der Waals surface area contributed by atoms with Crippen molar-refractivity contribution in [3.05, 3.63) is 81.7 Å². The van der Waals surface area contributed by atoms with E-state index in [1.165, 1.54) is 0 Å². The molecule has 5 aromatic rings. The van der Waals surface area contributed by atoms with Gasteiger partial charge in [0.1, 0.15) is 4.70 Å². The summed E-state index contributed by atoms with van der Waals surface area (Å²) in [7, 11) is -8.16. The minimum atomic E-state index is -4.09. The largest absolute Gasteiger partial charge is 0.334 e. The summed E-state index contributed by atoms with van der Waals surface area (Å²) in [6.07, 6.45) is 5.55. The van der Waals surface area contributed by atoms with E-state index in [0.29, 0.717) is 13.1 Å². The van der Waals surface area contributed by atoms with Crippen LogP contribution in [0.25, 0.3) is 37.2 Å². The SMILES string of the molecule is CCC(=Cc1sc2ccc3sccc3c2[n+]1CCCS(=O)(=O)O)C=C1Sc2ccc3ccccc3c2N1CCCS(=O)(=O)O. The summed E-state index contributed by atoms with van der Waals surface area (Å²) in [4.78, 5) is 3.23. The first-order valence-corrected chi connectivity index (χ1v) is 19.9. The predicted octanol–water partition coefficient (Wildman–Crippen LogP) is 7.36. The third kappa shape index (κ3) is 6.74. The van der Waals surface area contributed by atoms with Crippen LogP contribution < -0.4 is 9.47 Å². The minimum absolute atomic E-state index is 0.269. The highest BCUT2D eigenvalue weighted by atomic mass is 32.2. The van der Waals surface area contributed by atoms with Crippen LogP contribution in [-0.2, 0) is 26.8 Å². The molecule has 0 amide bonds. The maximum atomic E-state index is 11.5. The fraction of sp³-hybridized carbons (Fsp3) is 0.258. The van der Waals surface area contributed by atoms with Crippen molar-refractivity contribution in [2.75, 3.05) is 23.0 Å². The topological polar surface area (TPSA) is 116 Å². The number of benzene rings is 3. The first-order valence-electron chi connectivity index (χ1n) is 14.1. The van der Waals surface area contributed by atoms with Gasteiger partial charge in [-0.1, -0.05) is 60.4 Å². The molecule has 3 aromatic carbocycles.